The average molecular weight is 253 g/mol. The molecule has 1 atom stereocenters. The number of nitrogens with zero attached hydrogens (tertiary/aromatic N) is 2. The number of nitrogens with two attached hydrogens (primary N) is 1. The minimum atomic E-state index is -1.01. The molecule has 1 unspecified atom stereocenters. The van der Waals surface area contributed by atoms with Crippen molar-refractivity contribution in [2.45, 2.75) is 13.2 Å². The van der Waals surface area contributed by atoms with E-state index in [9.17, 15) is 5.11 Å². The number of aromatic nitrogens is 1. The molecule has 1 aliphatic heterocycles. The predicted octanol–water partition coefficient (Wildman–Crippen LogP) is 0.528. The van der Waals surface area contributed by atoms with Gasteiger partial charge in [0.25, 0.3) is 0 Å². The van der Waals surface area contributed by atoms with Crippen molar-refractivity contribution < 1.29 is 14.6 Å². The Bertz CT molecular complexity index is 394. The highest BCUT2D eigenvalue weighted by atomic mass is 16.6. The monoisotopic (exact) mass is 253 g/mol. The first-order valence-electron chi connectivity index (χ1n) is 6.10. The number of aliphatic hydroxyl groups is 1. The predicted molar refractivity (Wildman–Crippen MR) is 68.3 cm³/mol. The van der Waals surface area contributed by atoms with Gasteiger partial charge >= 0.3 is 0 Å². The minimum Gasteiger partial charge on any atom is -0.398 e. The van der Waals surface area contributed by atoms with Gasteiger partial charge in [-0.15, -0.1) is 0 Å². The molecule has 3 N–H and O–H groups in total. The fourth-order valence-electron chi connectivity index (χ4n) is 1.89. The van der Waals surface area contributed by atoms with Crippen LogP contribution in [-0.2, 0) is 9.47 Å². The van der Waals surface area contributed by atoms with Crippen LogP contribution in [0.4, 0.5) is 11.5 Å². The lowest BCUT2D eigenvalue weighted by atomic mass is 10.2. The Morgan fingerprint density at radius 1 is 1.56 bits per heavy atom. The zero-order valence-electron chi connectivity index (χ0n) is 10.5. The van der Waals surface area contributed by atoms with E-state index in [1.165, 1.54) is 0 Å². The van der Waals surface area contributed by atoms with Gasteiger partial charge in [-0.05, 0) is 6.92 Å². The van der Waals surface area contributed by atoms with E-state index in [1.54, 1.807) is 12.3 Å². The molecule has 0 saturated carbocycles. The van der Waals surface area contributed by atoms with Gasteiger partial charge in [-0.2, -0.15) is 0 Å². The molecule has 100 valence electrons. The molecular formula is C12H19N3O3. The summed E-state index contributed by atoms with van der Waals surface area (Å²) in [5, 5.41) is 9.73. The van der Waals surface area contributed by atoms with Gasteiger partial charge in [0.1, 0.15) is 5.82 Å². The normalized spacial score (nSPS) is 17.8. The standard InChI is InChI=1S/C12H19N3O3/c1-2-18-12(16)9-8-14-11(7-10(9)13)15-3-5-17-6-4-15/h7-8,12,16H,2-6H2,1H3,(H2,13,14). The lowest BCUT2D eigenvalue weighted by Crippen LogP contribution is -2.36. The largest absolute Gasteiger partial charge is 0.398 e. The second-order valence-electron chi connectivity index (χ2n) is 4.08. The van der Waals surface area contributed by atoms with E-state index >= 15 is 0 Å². The third-order valence-corrected chi connectivity index (χ3v) is 2.88. The molecule has 0 spiro atoms. The molecule has 6 nitrogen and oxygen atoms in total. The van der Waals surface area contributed by atoms with Gasteiger partial charge in [0.05, 0.1) is 13.2 Å². The zero-order chi connectivity index (χ0) is 13.0. The summed E-state index contributed by atoms with van der Waals surface area (Å²) in [5.74, 6) is 0.809. The number of pyridine rings is 1. The highest BCUT2D eigenvalue weighted by molar-refractivity contribution is 5.55. The molecule has 0 aromatic carbocycles. The second-order valence-corrected chi connectivity index (χ2v) is 4.08. The van der Waals surface area contributed by atoms with Crippen molar-refractivity contribution in [1.29, 1.82) is 0 Å². The summed E-state index contributed by atoms with van der Waals surface area (Å²) in [7, 11) is 0. The van der Waals surface area contributed by atoms with E-state index in [1.807, 2.05) is 6.92 Å². The molecule has 0 radical (unpaired) electrons. The summed E-state index contributed by atoms with van der Waals surface area (Å²) in [4.78, 5) is 6.42. The average Bonchev–Trinajstić information content (AvgIpc) is 2.40. The number of aliphatic hydroxyl groups excluding tert-OH is 1. The Labute approximate surface area is 106 Å². The van der Waals surface area contributed by atoms with Crippen LogP contribution in [0.3, 0.4) is 0 Å². The van der Waals surface area contributed by atoms with Crippen molar-refractivity contribution in [3.05, 3.63) is 17.8 Å². The van der Waals surface area contributed by atoms with Crippen LogP contribution in [0.2, 0.25) is 0 Å². The SMILES string of the molecule is CCOC(O)c1cnc(N2CCOCC2)cc1N. The summed E-state index contributed by atoms with van der Waals surface area (Å²) in [5.41, 5.74) is 6.92. The molecule has 6 heteroatoms. The van der Waals surface area contributed by atoms with Crippen molar-refractivity contribution in [2.24, 2.45) is 0 Å². The maximum Gasteiger partial charge on any atom is 0.184 e. The Morgan fingerprint density at radius 2 is 2.28 bits per heavy atom. The van der Waals surface area contributed by atoms with Crippen LogP contribution in [0.5, 0.6) is 0 Å². The molecule has 0 amide bonds. The molecule has 0 aliphatic carbocycles. The third-order valence-electron chi connectivity index (χ3n) is 2.88. The lowest BCUT2D eigenvalue weighted by Gasteiger charge is -2.28. The van der Waals surface area contributed by atoms with Gasteiger partial charge in [0.15, 0.2) is 6.29 Å². The number of hydrogen-bond donors (Lipinski definition) is 2. The molecule has 2 rings (SSSR count). The summed E-state index contributed by atoms with van der Waals surface area (Å²) < 4.78 is 10.4. The highest BCUT2D eigenvalue weighted by Gasteiger charge is 2.16. The first kappa shape index (κ1) is 13.1. The van der Waals surface area contributed by atoms with E-state index in [-0.39, 0.29) is 0 Å². The quantitative estimate of drug-likeness (QED) is 0.762. The van der Waals surface area contributed by atoms with Gasteiger partial charge in [0, 0.05) is 43.2 Å². The smallest absolute Gasteiger partial charge is 0.184 e. The summed E-state index contributed by atoms with van der Waals surface area (Å²) >= 11 is 0. The van der Waals surface area contributed by atoms with Gasteiger partial charge < -0.3 is 25.2 Å². The Hall–Kier alpha value is -1.37. The maximum absolute atomic E-state index is 9.73. The molecule has 1 aromatic heterocycles. The molecule has 1 saturated heterocycles. The van der Waals surface area contributed by atoms with E-state index in [2.05, 4.69) is 9.88 Å². The Balaban J connectivity index is 2.13. The first-order chi connectivity index (χ1) is 8.72. The first-order valence-corrected chi connectivity index (χ1v) is 6.10. The fraction of sp³-hybridized carbons (Fsp3) is 0.583. The third kappa shape index (κ3) is 2.90. The summed E-state index contributed by atoms with van der Waals surface area (Å²) in [6, 6.07) is 1.77. The van der Waals surface area contributed by atoms with Crippen molar-refractivity contribution >= 4 is 11.5 Å². The lowest BCUT2D eigenvalue weighted by molar-refractivity contribution is -0.0976. The van der Waals surface area contributed by atoms with Crippen LogP contribution in [0.15, 0.2) is 12.3 Å². The number of ether oxygens (including phenoxy) is 2. The van der Waals surface area contributed by atoms with Crippen LogP contribution in [0.1, 0.15) is 18.8 Å². The molecule has 1 aliphatic rings. The minimum absolute atomic E-state index is 0.422. The van der Waals surface area contributed by atoms with Crippen molar-refractivity contribution in [1.82, 2.24) is 4.98 Å². The van der Waals surface area contributed by atoms with Gasteiger partial charge in [0.2, 0.25) is 0 Å². The van der Waals surface area contributed by atoms with Gasteiger partial charge in [-0.25, -0.2) is 4.98 Å². The van der Waals surface area contributed by atoms with E-state index < -0.39 is 6.29 Å². The van der Waals surface area contributed by atoms with Crippen molar-refractivity contribution in [3.63, 3.8) is 0 Å². The topological polar surface area (TPSA) is 80.8 Å². The van der Waals surface area contributed by atoms with Crippen LogP contribution in [0.25, 0.3) is 0 Å². The number of hydrogen-bond acceptors (Lipinski definition) is 6. The van der Waals surface area contributed by atoms with E-state index in [0.717, 1.165) is 18.9 Å². The molecule has 2 heterocycles. The van der Waals surface area contributed by atoms with Crippen LogP contribution in [-0.4, -0.2) is 43.0 Å². The van der Waals surface area contributed by atoms with Gasteiger partial charge in [-0.3, -0.25) is 0 Å². The fourth-order valence-corrected chi connectivity index (χ4v) is 1.89. The van der Waals surface area contributed by atoms with E-state index in [0.29, 0.717) is 31.1 Å². The molecular weight excluding hydrogens is 234 g/mol. The highest BCUT2D eigenvalue weighted by Crippen LogP contribution is 2.24. The van der Waals surface area contributed by atoms with Crippen LogP contribution < -0.4 is 10.6 Å². The molecule has 18 heavy (non-hydrogen) atoms. The Kier molecular flexibility index (Phi) is 4.35. The summed E-state index contributed by atoms with van der Waals surface area (Å²) in [6.07, 6.45) is 0.557. The van der Waals surface area contributed by atoms with Crippen molar-refractivity contribution in [3.8, 4) is 0 Å². The zero-order valence-corrected chi connectivity index (χ0v) is 10.5. The maximum atomic E-state index is 9.73. The van der Waals surface area contributed by atoms with E-state index in [4.69, 9.17) is 15.2 Å². The number of nitrogen functional groups attached to an aromatic ring is 1. The number of morpholine rings is 1. The molecule has 1 aromatic rings. The summed E-state index contributed by atoms with van der Waals surface area (Å²) in [6.45, 7) is 5.25. The molecule has 0 bridgehead atoms. The molecule has 1 fully saturated rings. The van der Waals surface area contributed by atoms with Crippen LogP contribution in [0, 0.1) is 0 Å². The van der Waals surface area contributed by atoms with Crippen molar-refractivity contribution in [2.75, 3.05) is 43.5 Å². The second kappa shape index (κ2) is 5.99. The number of rotatable bonds is 4. The van der Waals surface area contributed by atoms with Gasteiger partial charge in [-0.1, -0.05) is 0 Å². The van der Waals surface area contributed by atoms with Crippen LogP contribution >= 0.6 is 0 Å². The Morgan fingerprint density at radius 3 is 2.89 bits per heavy atom. The number of anilines is 2.